The number of nitrogens with one attached hydrogen (secondary N) is 1. The highest BCUT2D eigenvalue weighted by molar-refractivity contribution is 5.84. The van der Waals surface area contributed by atoms with E-state index in [1.54, 1.807) is 0 Å². The van der Waals surface area contributed by atoms with Gasteiger partial charge in [0.2, 0.25) is 5.91 Å². The average molecular weight is 250 g/mol. The molecule has 4 N–H and O–H groups in total. The fourth-order valence-corrected chi connectivity index (χ4v) is 1.89. The van der Waals surface area contributed by atoms with Crippen molar-refractivity contribution in [2.75, 3.05) is 13.2 Å². The zero-order valence-electron chi connectivity index (χ0n) is 10.8. The lowest BCUT2D eigenvalue weighted by molar-refractivity contribution is -0.123. The Morgan fingerprint density at radius 3 is 2.61 bits per heavy atom. The minimum atomic E-state index is -0.303. The number of carbonyl (C=O) groups excluding carboxylic acids is 1. The van der Waals surface area contributed by atoms with Crippen molar-refractivity contribution in [2.24, 2.45) is 5.73 Å². The van der Waals surface area contributed by atoms with Crippen LogP contribution in [0.4, 0.5) is 0 Å². The van der Waals surface area contributed by atoms with Crippen LogP contribution in [-0.4, -0.2) is 30.2 Å². The Hall–Kier alpha value is -1.39. The van der Waals surface area contributed by atoms with Gasteiger partial charge in [0.1, 0.15) is 0 Å². The first-order chi connectivity index (χ1) is 8.69. The van der Waals surface area contributed by atoms with E-state index in [0.29, 0.717) is 13.0 Å². The molecular formula is C14H22N2O2. The smallest absolute Gasteiger partial charge is 0.229 e. The molecule has 0 saturated heterocycles. The summed E-state index contributed by atoms with van der Waals surface area (Å²) in [7, 11) is 0. The Balaban J connectivity index is 2.58. The van der Waals surface area contributed by atoms with E-state index in [2.05, 4.69) is 5.32 Å². The normalized spacial score (nSPS) is 13.9. The van der Waals surface area contributed by atoms with Crippen LogP contribution in [0, 0.1) is 0 Å². The van der Waals surface area contributed by atoms with Crippen LogP contribution < -0.4 is 11.1 Å². The van der Waals surface area contributed by atoms with Crippen LogP contribution in [0.5, 0.6) is 0 Å². The van der Waals surface area contributed by atoms with Gasteiger partial charge in [0.15, 0.2) is 0 Å². The zero-order valence-corrected chi connectivity index (χ0v) is 10.8. The van der Waals surface area contributed by atoms with E-state index >= 15 is 0 Å². The molecule has 0 heterocycles. The van der Waals surface area contributed by atoms with Crippen molar-refractivity contribution >= 4 is 5.91 Å². The standard InChI is InChI=1S/C14H22N2O2/c1-11(6-5-9-17)16-14(18)13(10-15)12-7-3-2-4-8-12/h2-4,7-8,11,13,17H,5-6,9-10,15H2,1H3,(H,16,18). The minimum absolute atomic E-state index is 0.0471. The van der Waals surface area contributed by atoms with Crippen molar-refractivity contribution in [3.8, 4) is 0 Å². The number of aliphatic hydroxyl groups is 1. The third-order valence-corrected chi connectivity index (χ3v) is 2.94. The van der Waals surface area contributed by atoms with Gasteiger partial charge >= 0.3 is 0 Å². The molecule has 0 fully saturated rings. The van der Waals surface area contributed by atoms with Gasteiger partial charge < -0.3 is 16.2 Å². The maximum Gasteiger partial charge on any atom is 0.229 e. The van der Waals surface area contributed by atoms with Crippen LogP contribution in [0.25, 0.3) is 0 Å². The molecule has 4 nitrogen and oxygen atoms in total. The summed E-state index contributed by atoms with van der Waals surface area (Å²) in [5.74, 6) is -0.350. The van der Waals surface area contributed by atoms with E-state index in [0.717, 1.165) is 12.0 Å². The molecule has 0 radical (unpaired) electrons. The van der Waals surface area contributed by atoms with E-state index in [9.17, 15) is 4.79 Å². The summed E-state index contributed by atoms with van der Waals surface area (Å²) in [6.07, 6.45) is 1.47. The molecule has 0 saturated carbocycles. The van der Waals surface area contributed by atoms with E-state index in [1.165, 1.54) is 0 Å². The summed E-state index contributed by atoms with van der Waals surface area (Å²) in [5.41, 5.74) is 6.62. The Morgan fingerprint density at radius 2 is 2.06 bits per heavy atom. The molecule has 0 spiro atoms. The number of benzene rings is 1. The summed E-state index contributed by atoms with van der Waals surface area (Å²) in [6, 6.07) is 9.60. The molecule has 18 heavy (non-hydrogen) atoms. The van der Waals surface area contributed by atoms with Gasteiger partial charge in [0.25, 0.3) is 0 Å². The number of hydrogen-bond donors (Lipinski definition) is 3. The predicted octanol–water partition coefficient (Wildman–Crippen LogP) is 1.01. The monoisotopic (exact) mass is 250 g/mol. The molecule has 0 aromatic heterocycles. The number of hydrogen-bond acceptors (Lipinski definition) is 3. The van der Waals surface area contributed by atoms with Gasteiger partial charge in [-0.1, -0.05) is 30.3 Å². The Morgan fingerprint density at radius 1 is 1.39 bits per heavy atom. The van der Waals surface area contributed by atoms with Crippen LogP contribution in [0.1, 0.15) is 31.2 Å². The van der Waals surface area contributed by atoms with Gasteiger partial charge in [-0.3, -0.25) is 4.79 Å². The molecule has 2 unspecified atom stereocenters. The Bertz CT molecular complexity index is 354. The minimum Gasteiger partial charge on any atom is -0.396 e. The molecule has 2 atom stereocenters. The molecular weight excluding hydrogens is 228 g/mol. The molecule has 0 aliphatic rings. The molecule has 1 aromatic rings. The number of aliphatic hydroxyl groups excluding tert-OH is 1. The zero-order chi connectivity index (χ0) is 13.4. The topological polar surface area (TPSA) is 75.3 Å². The lowest BCUT2D eigenvalue weighted by Crippen LogP contribution is -2.38. The highest BCUT2D eigenvalue weighted by atomic mass is 16.2. The first-order valence-electron chi connectivity index (χ1n) is 6.35. The molecule has 100 valence electrons. The maximum atomic E-state index is 12.1. The quantitative estimate of drug-likeness (QED) is 0.676. The molecule has 0 aliphatic carbocycles. The number of amides is 1. The average Bonchev–Trinajstić information content (AvgIpc) is 2.38. The van der Waals surface area contributed by atoms with Crippen LogP contribution in [0.3, 0.4) is 0 Å². The number of carbonyl (C=O) groups is 1. The number of rotatable bonds is 7. The van der Waals surface area contributed by atoms with Crippen molar-refractivity contribution < 1.29 is 9.90 Å². The van der Waals surface area contributed by atoms with Crippen molar-refractivity contribution in [3.05, 3.63) is 35.9 Å². The highest BCUT2D eigenvalue weighted by Crippen LogP contribution is 2.14. The lowest BCUT2D eigenvalue weighted by Gasteiger charge is -2.19. The van der Waals surface area contributed by atoms with Crippen LogP contribution in [-0.2, 0) is 4.79 Å². The van der Waals surface area contributed by atoms with E-state index in [1.807, 2.05) is 37.3 Å². The summed E-state index contributed by atoms with van der Waals surface area (Å²) in [6.45, 7) is 2.38. The molecule has 1 amide bonds. The van der Waals surface area contributed by atoms with Crippen molar-refractivity contribution in [1.82, 2.24) is 5.32 Å². The second-order valence-electron chi connectivity index (χ2n) is 4.47. The maximum absolute atomic E-state index is 12.1. The largest absolute Gasteiger partial charge is 0.396 e. The fraction of sp³-hybridized carbons (Fsp3) is 0.500. The fourth-order valence-electron chi connectivity index (χ4n) is 1.89. The van der Waals surface area contributed by atoms with Gasteiger partial charge in [-0.05, 0) is 25.3 Å². The van der Waals surface area contributed by atoms with Crippen LogP contribution >= 0.6 is 0 Å². The lowest BCUT2D eigenvalue weighted by atomic mass is 9.98. The highest BCUT2D eigenvalue weighted by Gasteiger charge is 2.19. The van der Waals surface area contributed by atoms with E-state index in [4.69, 9.17) is 10.8 Å². The van der Waals surface area contributed by atoms with E-state index < -0.39 is 0 Å². The molecule has 0 aliphatic heterocycles. The van der Waals surface area contributed by atoms with Crippen LogP contribution in [0.15, 0.2) is 30.3 Å². The Labute approximate surface area is 108 Å². The van der Waals surface area contributed by atoms with Crippen molar-refractivity contribution in [2.45, 2.75) is 31.7 Å². The van der Waals surface area contributed by atoms with Gasteiger partial charge in [-0.25, -0.2) is 0 Å². The van der Waals surface area contributed by atoms with E-state index in [-0.39, 0.29) is 24.5 Å². The molecule has 1 aromatic carbocycles. The third kappa shape index (κ3) is 4.47. The summed E-state index contributed by atoms with van der Waals surface area (Å²) >= 11 is 0. The van der Waals surface area contributed by atoms with Gasteiger partial charge in [-0.2, -0.15) is 0 Å². The first kappa shape index (κ1) is 14.7. The molecule has 4 heteroatoms. The first-order valence-corrected chi connectivity index (χ1v) is 6.35. The van der Waals surface area contributed by atoms with Crippen molar-refractivity contribution in [3.63, 3.8) is 0 Å². The second kappa shape index (κ2) is 7.84. The third-order valence-electron chi connectivity index (χ3n) is 2.94. The van der Waals surface area contributed by atoms with Gasteiger partial charge in [0.05, 0.1) is 5.92 Å². The number of nitrogens with two attached hydrogens (primary N) is 1. The predicted molar refractivity (Wildman–Crippen MR) is 72.2 cm³/mol. The summed E-state index contributed by atoms with van der Waals surface area (Å²) in [5, 5.41) is 11.7. The summed E-state index contributed by atoms with van der Waals surface area (Å²) < 4.78 is 0. The summed E-state index contributed by atoms with van der Waals surface area (Å²) in [4.78, 5) is 12.1. The second-order valence-corrected chi connectivity index (χ2v) is 4.47. The van der Waals surface area contributed by atoms with Crippen LogP contribution in [0.2, 0.25) is 0 Å². The molecule has 1 rings (SSSR count). The van der Waals surface area contributed by atoms with Gasteiger partial charge in [0, 0.05) is 19.2 Å². The van der Waals surface area contributed by atoms with Gasteiger partial charge in [-0.15, -0.1) is 0 Å². The Kier molecular flexibility index (Phi) is 6.39. The SMILES string of the molecule is CC(CCCO)NC(=O)C(CN)c1ccccc1. The molecule has 0 bridgehead atoms. The van der Waals surface area contributed by atoms with Crippen molar-refractivity contribution in [1.29, 1.82) is 0 Å².